The first-order valence-corrected chi connectivity index (χ1v) is 5.56. The van der Waals surface area contributed by atoms with Crippen molar-refractivity contribution in [2.45, 2.75) is 32.4 Å². The molecule has 0 bridgehead atoms. The molecule has 1 saturated heterocycles. The third-order valence-electron chi connectivity index (χ3n) is 2.73. The van der Waals surface area contributed by atoms with Crippen molar-refractivity contribution in [2.75, 3.05) is 6.54 Å². The van der Waals surface area contributed by atoms with Gasteiger partial charge in [0.25, 0.3) is 0 Å². The summed E-state index contributed by atoms with van der Waals surface area (Å²) in [7, 11) is 0. The minimum absolute atomic E-state index is 0.109. The molecule has 1 aliphatic rings. The minimum Gasteiger partial charge on any atom is -0.323 e. The van der Waals surface area contributed by atoms with Gasteiger partial charge < -0.3 is 5.73 Å². The molecule has 1 aliphatic heterocycles. The molecule has 0 aromatic carbocycles. The van der Waals surface area contributed by atoms with Gasteiger partial charge in [-0.2, -0.15) is 0 Å². The monoisotopic (exact) mass is 237 g/mol. The summed E-state index contributed by atoms with van der Waals surface area (Å²) in [6, 6.07) is -0.168. The highest BCUT2D eigenvalue weighted by Gasteiger charge is 2.28. The SMILES string of the molecule is CC(N)c1cn(CCN2C(=O)CCC2=O)nn1. The van der Waals surface area contributed by atoms with Crippen LogP contribution in [0.5, 0.6) is 0 Å². The van der Waals surface area contributed by atoms with Gasteiger partial charge in [-0.1, -0.05) is 5.21 Å². The summed E-state index contributed by atoms with van der Waals surface area (Å²) in [5, 5.41) is 7.78. The average molecular weight is 237 g/mol. The van der Waals surface area contributed by atoms with Crippen molar-refractivity contribution in [3.05, 3.63) is 11.9 Å². The number of carbonyl (C=O) groups is 2. The van der Waals surface area contributed by atoms with E-state index in [4.69, 9.17) is 5.73 Å². The maximum atomic E-state index is 11.4. The van der Waals surface area contributed by atoms with Crippen LogP contribution in [0.2, 0.25) is 0 Å². The van der Waals surface area contributed by atoms with Crippen LogP contribution in [0.25, 0.3) is 0 Å². The van der Waals surface area contributed by atoms with E-state index < -0.39 is 0 Å². The first-order valence-electron chi connectivity index (χ1n) is 5.56. The molecule has 1 aromatic rings. The summed E-state index contributed by atoms with van der Waals surface area (Å²) in [6.07, 6.45) is 2.37. The summed E-state index contributed by atoms with van der Waals surface area (Å²) >= 11 is 0. The fourth-order valence-electron chi connectivity index (χ4n) is 1.71. The quantitative estimate of drug-likeness (QED) is 0.709. The number of nitrogens with zero attached hydrogens (tertiary/aromatic N) is 4. The first-order chi connectivity index (χ1) is 8.08. The number of amides is 2. The van der Waals surface area contributed by atoms with Crippen molar-refractivity contribution in [3.8, 4) is 0 Å². The van der Waals surface area contributed by atoms with Crippen molar-refractivity contribution in [1.82, 2.24) is 19.9 Å². The normalized spacial score (nSPS) is 17.9. The third kappa shape index (κ3) is 2.50. The molecule has 0 saturated carbocycles. The number of nitrogens with two attached hydrogens (primary N) is 1. The van der Waals surface area contributed by atoms with E-state index >= 15 is 0 Å². The van der Waals surface area contributed by atoms with Crippen molar-refractivity contribution in [1.29, 1.82) is 0 Å². The fraction of sp³-hybridized carbons (Fsp3) is 0.600. The fourth-order valence-corrected chi connectivity index (χ4v) is 1.71. The highest BCUT2D eigenvalue weighted by atomic mass is 16.2. The van der Waals surface area contributed by atoms with E-state index in [0.29, 0.717) is 31.6 Å². The predicted octanol–water partition coefficient (Wildman–Crippen LogP) is -0.553. The molecule has 2 amide bonds. The topological polar surface area (TPSA) is 94.1 Å². The van der Waals surface area contributed by atoms with Crippen LogP contribution < -0.4 is 5.73 Å². The summed E-state index contributed by atoms with van der Waals surface area (Å²) in [4.78, 5) is 24.0. The molecular formula is C10H15N5O2. The Balaban J connectivity index is 1.93. The molecule has 1 fully saturated rings. The third-order valence-corrected chi connectivity index (χ3v) is 2.73. The molecule has 1 unspecified atom stereocenters. The first kappa shape index (κ1) is 11.7. The zero-order valence-electron chi connectivity index (χ0n) is 9.67. The van der Waals surface area contributed by atoms with Crippen LogP contribution in [0, 0.1) is 0 Å². The molecule has 0 aliphatic carbocycles. The van der Waals surface area contributed by atoms with Gasteiger partial charge in [-0.3, -0.25) is 19.2 Å². The highest BCUT2D eigenvalue weighted by Crippen LogP contribution is 2.11. The second kappa shape index (κ2) is 4.62. The molecule has 92 valence electrons. The molecule has 0 spiro atoms. The molecule has 1 atom stereocenters. The molecule has 2 rings (SSSR count). The van der Waals surface area contributed by atoms with Gasteiger partial charge in [0.15, 0.2) is 0 Å². The van der Waals surface area contributed by atoms with Crippen molar-refractivity contribution in [3.63, 3.8) is 0 Å². The Labute approximate surface area is 98.6 Å². The molecule has 1 aromatic heterocycles. The van der Waals surface area contributed by atoms with Gasteiger partial charge in [0.2, 0.25) is 11.8 Å². The second-order valence-electron chi connectivity index (χ2n) is 4.13. The van der Waals surface area contributed by atoms with E-state index in [1.165, 1.54) is 4.90 Å². The number of hydrogen-bond donors (Lipinski definition) is 1. The molecule has 0 radical (unpaired) electrons. The van der Waals surface area contributed by atoms with Crippen LogP contribution in [-0.4, -0.2) is 38.3 Å². The van der Waals surface area contributed by atoms with Gasteiger partial charge in [0.1, 0.15) is 0 Å². The van der Waals surface area contributed by atoms with E-state index in [1.54, 1.807) is 10.9 Å². The number of carbonyl (C=O) groups excluding carboxylic acids is 2. The van der Waals surface area contributed by atoms with Crippen LogP contribution in [0.3, 0.4) is 0 Å². The van der Waals surface area contributed by atoms with Gasteiger partial charge >= 0.3 is 0 Å². The molecule has 2 heterocycles. The highest BCUT2D eigenvalue weighted by molar-refractivity contribution is 6.01. The Kier molecular flexibility index (Phi) is 3.19. The molecule has 2 N–H and O–H groups in total. The maximum absolute atomic E-state index is 11.4. The lowest BCUT2D eigenvalue weighted by Crippen LogP contribution is -2.32. The van der Waals surface area contributed by atoms with Crippen molar-refractivity contribution < 1.29 is 9.59 Å². The van der Waals surface area contributed by atoms with Crippen LogP contribution in [-0.2, 0) is 16.1 Å². The molecule has 7 heteroatoms. The molecule has 17 heavy (non-hydrogen) atoms. The summed E-state index contributed by atoms with van der Waals surface area (Å²) in [6.45, 7) is 2.62. The van der Waals surface area contributed by atoms with Crippen LogP contribution in [0.15, 0.2) is 6.20 Å². The van der Waals surface area contributed by atoms with Crippen molar-refractivity contribution in [2.24, 2.45) is 5.73 Å². The zero-order chi connectivity index (χ0) is 12.4. The average Bonchev–Trinajstić information content (AvgIpc) is 2.85. The molecule has 7 nitrogen and oxygen atoms in total. The van der Waals surface area contributed by atoms with Gasteiger partial charge in [-0.15, -0.1) is 5.10 Å². The Morgan fingerprint density at radius 2 is 2.00 bits per heavy atom. The van der Waals surface area contributed by atoms with E-state index in [9.17, 15) is 9.59 Å². The Hall–Kier alpha value is -1.76. The van der Waals surface area contributed by atoms with Crippen LogP contribution >= 0.6 is 0 Å². The lowest BCUT2D eigenvalue weighted by Gasteiger charge is -2.12. The minimum atomic E-state index is -0.168. The zero-order valence-corrected chi connectivity index (χ0v) is 9.67. The number of hydrogen-bond acceptors (Lipinski definition) is 5. The lowest BCUT2D eigenvalue weighted by atomic mass is 10.3. The van der Waals surface area contributed by atoms with Gasteiger partial charge in [-0.25, -0.2) is 0 Å². The smallest absolute Gasteiger partial charge is 0.229 e. The van der Waals surface area contributed by atoms with E-state index in [-0.39, 0.29) is 17.9 Å². The predicted molar refractivity (Wildman–Crippen MR) is 58.6 cm³/mol. The number of likely N-dealkylation sites (tertiary alicyclic amines) is 1. The Bertz CT molecular complexity index is 424. The molecular weight excluding hydrogens is 222 g/mol. The van der Waals surface area contributed by atoms with E-state index in [0.717, 1.165) is 0 Å². The largest absolute Gasteiger partial charge is 0.323 e. The van der Waals surface area contributed by atoms with Gasteiger partial charge in [-0.05, 0) is 6.92 Å². The number of aromatic nitrogens is 3. The Morgan fingerprint density at radius 3 is 2.53 bits per heavy atom. The standard InChI is InChI=1S/C10H15N5O2/c1-7(11)8-6-14(13-12-8)4-5-15-9(16)2-3-10(15)17/h6-7H,2-5,11H2,1H3. The van der Waals surface area contributed by atoms with Gasteiger partial charge in [0, 0.05) is 25.4 Å². The summed E-state index contributed by atoms with van der Waals surface area (Å²) in [5.41, 5.74) is 6.35. The number of rotatable bonds is 4. The summed E-state index contributed by atoms with van der Waals surface area (Å²) in [5.74, 6) is -0.218. The van der Waals surface area contributed by atoms with Crippen LogP contribution in [0.1, 0.15) is 31.5 Å². The van der Waals surface area contributed by atoms with Crippen LogP contribution in [0.4, 0.5) is 0 Å². The number of imide groups is 1. The van der Waals surface area contributed by atoms with E-state index in [1.807, 2.05) is 6.92 Å². The Morgan fingerprint density at radius 1 is 1.35 bits per heavy atom. The maximum Gasteiger partial charge on any atom is 0.229 e. The summed E-state index contributed by atoms with van der Waals surface area (Å²) < 4.78 is 1.59. The van der Waals surface area contributed by atoms with Gasteiger partial charge in [0.05, 0.1) is 18.4 Å². The van der Waals surface area contributed by atoms with Crippen molar-refractivity contribution >= 4 is 11.8 Å². The van der Waals surface area contributed by atoms with E-state index in [2.05, 4.69) is 10.3 Å². The lowest BCUT2D eigenvalue weighted by molar-refractivity contribution is -0.138. The second-order valence-corrected chi connectivity index (χ2v) is 4.13.